The van der Waals surface area contributed by atoms with Crippen molar-refractivity contribution in [3.63, 3.8) is 0 Å². The van der Waals surface area contributed by atoms with E-state index < -0.39 is 9.84 Å². The summed E-state index contributed by atoms with van der Waals surface area (Å²) < 4.78 is 25.2. The number of nitrogens with zero attached hydrogens (tertiary/aromatic N) is 2. The molecule has 1 aliphatic heterocycles. The van der Waals surface area contributed by atoms with E-state index in [0.29, 0.717) is 6.42 Å². The van der Waals surface area contributed by atoms with Crippen molar-refractivity contribution in [2.75, 3.05) is 18.1 Å². The standard InChI is InChI=1S/C15H27N3O2S/c1-14(2,3)16-8-5-6-13-10-17-18(11-13)15(4)7-9-21(19,20)12-15/h10-11,16H,5-9,12H2,1-4H3. The van der Waals surface area contributed by atoms with Crippen LogP contribution in [0, 0.1) is 0 Å². The zero-order valence-corrected chi connectivity index (χ0v) is 14.3. The second-order valence-corrected chi connectivity index (χ2v) is 9.60. The Morgan fingerprint density at radius 3 is 2.71 bits per heavy atom. The lowest BCUT2D eigenvalue weighted by atomic mass is 10.0. The van der Waals surface area contributed by atoms with E-state index in [1.807, 2.05) is 24.0 Å². The predicted octanol–water partition coefficient (Wildman–Crippen LogP) is 1.74. The summed E-state index contributed by atoms with van der Waals surface area (Å²) in [4.78, 5) is 0. The number of aromatic nitrogens is 2. The average Bonchev–Trinajstić information content (AvgIpc) is 2.90. The molecule has 1 atom stereocenters. The summed E-state index contributed by atoms with van der Waals surface area (Å²) in [5.74, 6) is 0.473. The first-order chi connectivity index (χ1) is 9.60. The van der Waals surface area contributed by atoms with Crippen molar-refractivity contribution in [2.45, 2.75) is 58.0 Å². The summed E-state index contributed by atoms with van der Waals surface area (Å²) in [6.45, 7) is 9.43. The van der Waals surface area contributed by atoms with Crippen LogP contribution in [0.15, 0.2) is 12.4 Å². The fourth-order valence-corrected chi connectivity index (χ4v) is 4.83. The summed E-state index contributed by atoms with van der Waals surface area (Å²) in [5, 5.41) is 7.86. The van der Waals surface area contributed by atoms with Gasteiger partial charge in [-0.15, -0.1) is 0 Å². The number of hydrogen-bond acceptors (Lipinski definition) is 4. The molecule has 0 radical (unpaired) electrons. The van der Waals surface area contributed by atoms with Crippen LogP contribution in [-0.2, 0) is 21.8 Å². The lowest BCUT2D eigenvalue weighted by Gasteiger charge is -2.22. The second-order valence-electron chi connectivity index (χ2n) is 7.41. The maximum absolute atomic E-state index is 11.7. The molecule has 1 aromatic heterocycles. The minimum absolute atomic E-state index is 0.149. The number of sulfone groups is 1. The smallest absolute Gasteiger partial charge is 0.152 e. The third-order valence-electron chi connectivity index (χ3n) is 3.97. The van der Waals surface area contributed by atoms with Gasteiger partial charge in [-0.25, -0.2) is 8.42 Å². The first-order valence-electron chi connectivity index (χ1n) is 7.59. The van der Waals surface area contributed by atoms with Crippen molar-refractivity contribution in [3.8, 4) is 0 Å². The molecule has 5 nitrogen and oxygen atoms in total. The van der Waals surface area contributed by atoms with Crippen LogP contribution in [0.2, 0.25) is 0 Å². The summed E-state index contributed by atoms with van der Waals surface area (Å²) in [5.41, 5.74) is 0.951. The van der Waals surface area contributed by atoms with Crippen molar-refractivity contribution in [2.24, 2.45) is 0 Å². The van der Waals surface area contributed by atoms with E-state index in [4.69, 9.17) is 0 Å². The van der Waals surface area contributed by atoms with Gasteiger partial charge in [-0.1, -0.05) is 0 Å². The SMILES string of the molecule is CC(C)(C)NCCCc1cnn(C2(C)CCS(=O)(=O)C2)c1. The molecule has 1 N–H and O–H groups in total. The van der Waals surface area contributed by atoms with E-state index in [-0.39, 0.29) is 22.6 Å². The zero-order chi connectivity index (χ0) is 15.7. The van der Waals surface area contributed by atoms with E-state index in [1.165, 1.54) is 5.56 Å². The van der Waals surface area contributed by atoms with Crippen LogP contribution < -0.4 is 5.32 Å². The molecule has 1 aromatic rings. The van der Waals surface area contributed by atoms with Gasteiger partial charge in [0.1, 0.15) is 0 Å². The molecule has 1 fully saturated rings. The Hall–Kier alpha value is -0.880. The van der Waals surface area contributed by atoms with Crippen molar-refractivity contribution in [1.82, 2.24) is 15.1 Å². The van der Waals surface area contributed by atoms with Crippen molar-refractivity contribution < 1.29 is 8.42 Å². The van der Waals surface area contributed by atoms with Gasteiger partial charge in [0.25, 0.3) is 0 Å². The van der Waals surface area contributed by atoms with Crippen LogP contribution >= 0.6 is 0 Å². The maximum atomic E-state index is 11.7. The third kappa shape index (κ3) is 4.54. The van der Waals surface area contributed by atoms with Gasteiger partial charge < -0.3 is 5.32 Å². The molecule has 0 aromatic carbocycles. The molecule has 0 spiro atoms. The Morgan fingerprint density at radius 2 is 2.14 bits per heavy atom. The van der Waals surface area contributed by atoms with Gasteiger partial charge in [0.15, 0.2) is 9.84 Å². The molecule has 2 heterocycles. The Labute approximate surface area is 128 Å². The molecule has 1 unspecified atom stereocenters. The van der Waals surface area contributed by atoms with Crippen molar-refractivity contribution in [3.05, 3.63) is 18.0 Å². The van der Waals surface area contributed by atoms with Gasteiger partial charge >= 0.3 is 0 Å². The minimum Gasteiger partial charge on any atom is -0.312 e. The zero-order valence-electron chi connectivity index (χ0n) is 13.5. The number of nitrogens with one attached hydrogen (secondary N) is 1. The number of hydrogen-bond donors (Lipinski definition) is 1. The highest BCUT2D eigenvalue weighted by atomic mass is 32.2. The fourth-order valence-electron chi connectivity index (χ4n) is 2.71. The Bertz CT molecular complexity index is 586. The predicted molar refractivity (Wildman–Crippen MR) is 85.2 cm³/mol. The molecular weight excluding hydrogens is 286 g/mol. The summed E-state index contributed by atoms with van der Waals surface area (Å²) in [6, 6.07) is 0. The highest BCUT2D eigenvalue weighted by Crippen LogP contribution is 2.30. The third-order valence-corrected chi connectivity index (χ3v) is 5.86. The van der Waals surface area contributed by atoms with Crippen LogP contribution in [0.4, 0.5) is 0 Å². The Morgan fingerprint density at radius 1 is 1.43 bits per heavy atom. The molecule has 0 saturated carbocycles. The molecule has 0 amide bonds. The molecule has 120 valence electrons. The minimum atomic E-state index is -2.90. The molecule has 0 aliphatic carbocycles. The average molecular weight is 313 g/mol. The van der Waals surface area contributed by atoms with Gasteiger partial charge in [-0.05, 0) is 59.1 Å². The Kier molecular flexibility index (Phi) is 4.49. The van der Waals surface area contributed by atoms with E-state index in [9.17, 15) is 8.42 Å². The molecule has 1 saturated heterocycles. The molecular formula is C15H27N3O2S. The highest BCUT2D eigenvalue weighted by molar-refractivity contribution is 7.91. The van der Waals surface area contributed by atoms with Crippen LogP contribution in [0.1, 0.15) is 46.1 Å². The van der Waals surface area contributed by atoms with Crippen LogP contribution in [0.25, 0.3) is 0 Å². The van der Waals surface area contributed by atoms with E-state index in [0.717, 1.165) is 19.4 Å². The van der Waals surface area contributed by atoms with Crippen LogP contribution in [0.5, 0.6) is 0 Å². The van der Waals surface area contributed by atoms with E-state index >= 15 is 0 Å². The van der Waals surface area contributed by atoms with Gasteiger partial charge in [-0.3, -0.25) is 4.68 Å². The fraction of sp³-hybridized carbons (Fsp3) is 0.800. The Balaban J connectivity index is 1.90. The summed E-state index contributed by atoms with van der Waals surface area (Å²) in [6.07, 6.45) is 6.55. The topological polar surface area (TPSA) is 64.0 Å². The normalized spacial score (nSPS) is 25.3. The monoisotopic (exact) mass is 313 g/mol. The molecule has 6 heteroatoms. The van der Waals surface area contributed by atoms with Gasteiger partial charge in [-0.2, -0.15) is 5.10 Å². The summed E-state index contributed by atoms with van der Waals surface area (Å²) >= 11 is 0. The maximum Gasteiger partial charge on any atom is 0.152 e. The molecule has 1 aliphatic rings. The second kappa shape index (κ2) is 5.72. The number of rotatable bonds is 5. The van der Waals surface area contributed by atoms with Gasteiger partial charge in [0, 0.05) is 11.7 Å². The number of aryl methyl sites for hydroxylation is 1. The largest absolute Gasteiger partial charge is 0.312 e. The lowest BCUT2D eigenvalue weighted by Crippen LogP contribution is -2.36. The molecule has 0 bridgehead atoms. The quantitative estimate of drug-likeness (QED) is 0.841. The van der Waals surface area contributed by atoms with Gasteiger partial charge in [0.05, 0.1) is 23.2 Å². The van der Waals surface area contributed by atoms with Crippen molar-refractivity contribution in [1.29, 1.82) is 0 Å². The van der Waals surface area contributed by atoms with Crippen LogP contribution in [-0.4, -0.2) is 41.8 Å². The lowest BCUT2D eigenvalue weighted by molar-refractivity contribution is 0.328. The van der Waals surface area contributed by atoms with Gasteiger partial charge in [0.2, 0.25) is 0 Å². The first kappa shape index (κ1) is 16.5. The highest BCUT2D eigenvalue weighted by Gasteiger charge is 2.40. The van der Waals surface area contributed by atoms with E-state index in [1.54, 1.807) is 0 Å². The summed E-state index contributed by atoms with van der Waals surface area (Å²) in [7, 11) is -2.90. The molecule has 2 rings (SSSR count). The molecule has 21 heavy (non-hydrogen) atoms. The van der Waals surface area contributed by atoms with E-state index in [2.05, 4.69) is 31.2 Å². The van der Waals surface area contributed by atoms with Crippen LogP contribution in [0.3, 0.4) is 0 Å². The first-order valence-corrected chi connectivity index (χ1v) is 9.41. The van der Waals surface area contributed by atoms with Crippen molar-refractivity contribution >= 4 is 9.84 Å².